The van der Waals surface area contributed by atoms with Crippen LogP contribution in [0.15, 0.2) is 44.2 Å². The van der Waals surface area contributed by atoms with Crippen LogP contribution in [0, 0.1) is 0 Å². The van der Waals surface area contributed by atoms with Crippen LogP contribution in [0.25, 0.3) is 0 Å². The maximum Gasteiger partial charge on any atom is -0.147 e. The van der Waals surface area contributed by atoms with Crippen LogP contribution in [0.1, 0.15) is 28.1 Å². The fraction of sp³-hybridized carbons (Fsp3) is 0.400. The summed E-state index contributed by atoms with van der Waals surface area (Å²) in [5.41, 5.74) is 0. The van der Waals surface area contributed by atoms with Gasteiger partial charge in [0.1, 0.15) is 0 Å². The molecule has 0 bridgehead atoms. The number of hydrogen-bond donors (Lipinski definition) is 0. The summed E-state index contributed by atoms with van der Waals surface area (Å²) in [5.74, 6) is 0. The standard InChI is InChI=1S/2C5H5.C3H6.C2H6Si.ClH.Ti.H/c2*1-2-4-5-3-1;2*1-3-2;;;/h2*1-3H,4H2;2*1-2H3;1H;;/q;;;;;;-1. The number of hydrogen-bond acceptors (Lipinski definition) is 0. The first-order valence-electron chi connectivity index (χ1n) is 6.43. The average Bonchev–Trinajstić information content (AvgIpc) is 2.88. The van der Waals surface area contributed by atoms with Gasteiger partial charge in [-0.1, -0.05) is 0 Å². The topological polar surface area (TPSA) is 0 Å². The zero-order chi connectivity index (χ0) is 12.5. The van der Waals surface area contributed by atoms with E-state index in [4.69, 9.17) is 0 Å². The maximum atomic E-state index is 2.54. The van der Waals surface area contributed by atoms with E-state index in [0.717, 1.165) is 0 Å². The molecule has 2 rings (SSSR count). The van der Waals surface area contributed by atoms with E-state index in [9.17, 15) is 0 Å². The van der Waals surface area contributed by atoms with Crippen LogP contribution in [0.4, 0.5) is 0 Å². The van der Waals surface area contributed by atoms with Crippen LogP contribution in [0.3, 0.4) is 0 Å². The second-order valence-corrected chi connectivity index (χ2v) is 21.1. The SMILES string of the molecule is C[C](C)=[Ti]([C]1=CC=CC1)([C]1=CC=CC1)=[Si](C)C.Cl.[H-]. The predicted molar refractivity (Wildman–Crippen MR) is 85.9 cm³/mol. The van der Waals surface area contributed by atoms with Gasteiger partial charge in [0, 0.05) is 0 Å². The van der Waals surface area contributed by atoms with Crippen molar-refractivity contribution in [3.63, 3.8) is 0 Å². The van der Waals surface area contributed by atoms with E-state index in [1.165, 1.54) is 12.8 Å². The minimum Gasteiger partial charge on any atom is -1.00 e. The van der Waals surface area contributed by atoms with Crippen molar-refractivity contribution in [2.24, 2.45) is 0 Å². The quantitative estimate of drug-likeness (QED) is 0.641. The second-order valence-electron chi connectivity index (χ2n) is 5.40. The first-order chi connectivity index (χ1) is 8.10. The van der Waals surface area contributed by atoms with Crippen LogP contribution in [0.5, 0.6) is 0 Å². The number of halogens is 1. The summed E-state index contributed by atoms with van der Waals surface area (Å²) in [6.45, 7) is 9.87. The van der Waals surface area contributed by atoms with E-state index >= 15 is 0 Å². The molecule has 0 N–H and O–H groups in total. The molecule has 3 heteroatoms. The normalized spacial score (nSPS) is 16.4. The molecule has 100 valence electrons. The molecule has 0 saturated heterocycles. The first-order valence-corrected chi connectivity index (χ1v) is 13.6. The van der Waals surface area contributed by atoms with Crippen LogP contribution in [-0.4, -0.2) is 10.00 Å². The Balaban J connectivity index is 0.00000162. The van der Waals surface area contributed by atoms with Crippen molar-refractivity contribution in [1.29, 1.82) is 0 Å². The summed E-state index contributed by atoms with van der Waals surface area (Å²) in [7, 11) is 0. The van der Waals surface area contributed by atoms with Gasteiger partial charge in [-0.05, 0) is 0 Å². The van der Waals surface area contributed by atoms with E-state index in [1.807, 2.05) is 0 Å². The third kappa shape index (κ3) is 2.51. The fourth-order valence-corrected chi connectivity index (χ4v) is 23.0. The van der Waals surface area contributed by atoms with E-state index in [-0.39, 0.29) is 20.0 Å². The largest absolute Gasteiger partial charge is 1.00 e. The van der Waals surface area contributed by atoms with Crippen molar-refractivity contribution in [3.8, 4) is 0 Å². The smallest absolute Gasteiger partial charge is 0.147 e. The Bertz CT molecular complexity index is 521. The molecule has 0 aromatic rings. The van der Waals surface area contributed by atoms with Crippen LogP contribution >= 0.6 is 12.4 Å². The van der Waals surface area contributed by atoms with Crippen LogP contribution in [0.2, 0.25) is 13.1 Å². The molecular formula is C15H24ClSiTi-. The molecule has 0 saturated carbocycles. The molecular weight excluding hydrogens is 292 g/mol. The van der Waals surface area contributed by atoms with Gasteiger partial charge in [-0.25, -0.2) is 0 Å². The van der Waals surface area contributed by atoms with Crippen molar-refractivity contribution in [1.82, 2.24) is 0 Å². The Morgan fingerprint density at radius 1 is 1.06 bits per heavy atom. The molecule has 2 aliphatic carbocycles. The molecule has 0 spiro atoms. The summed E-state index contributed by atoms with van der Waals surface area (Å²) < 4.78 is 5.37. The molecule has 2 aliphatic rings. The summed E-state index contributed by atoms with van der Waals surface area (Å²) in [4.78, 5) is 0. The van der Waals surface area contributed by atoms with Gasteiger partial charge in [-0.3, -0.25) is 0 Å². The summed E-state index contributed by atoms with van der Waals surface area (Å²) in [5, 5.41) is 0. The van der Waals surface area contributed by atoms with E-state index in [0.29, 0.717) is 0 Å². The van der Waals surface area contributed by atoms with Gasteiger partial charge in [0.05, 0.1) is 0 Å². The maximum absolute atomic E-state index is 2.54. The van der Waals surface area contributed by atoms with E-state index in [1.54, 1.807) is 11.6 Å². The Hall–Kier alpha value is 0.0512. The average molecular weight is 316 g/mol. The Morgan fingerprint density at radius 3 is 1.72 bits per heavy atom. The molecule has 0 aliphatic heterocycles. The van der Waals surface area contributed by atoms with Crippen molar-refractivity contribution in [2.75, 3.05) is 0 Å². The zero-order valence-electron chi connectivity index (χ0n) is 12.8. The minimum absolute atomic E-state index is 0. The molecule has 0 fully saturated rings. The zero-order valence-corrected chi connectivity index (χ0v) is 15.2. The molecule has 0 heterocycles. The van der Waals surface area contributed by atoms with Gasteiger partial charge in [-0.15, -0.1) is 12.4 Å². The first kappa shape index (κ1) is 16.1. The monoisotopic (exact) mass is 315 g/mol. The van der Waals surface area contributed by atoms with Gasteiger partial charge in [-0.2, -0.15) is 0 Å². The minimum atomic E-state index is -2.08. The van der Waals surface area contributed by atoms with Gasteiger partial charge in [0.2, 0.25) is 0 Å². The Labute approximate surface area is 122 Å². The van der Waals surface area contributed by atoms with Crippen molar-refractivity contribution >= 4 is 22.4 Å². The van der Waals surface area contributed by atoms with Crippen molar-refractivity contribution in [3.05, 3.63) is 44.2 Å². The molecule has 0 amide bonds. The molecule has 0 unspecified atom stereocenters. The molecule has 0 atom stereocenters. The third-order valence-corrected chi connectivity index (χ3v) is 23.8. The van der Waals surface area contributed by atoms with Gasteiger partial charge >= 0.3 is 109 Å². The molecule has 0 aromatic heterocycles. The van der Waals surface area contributed by atoms with Crippen molar-refractivity contribution < 1.29 is 16.3 Å². The molecule has 0 radical (unpaired) electrons. The Kier molecular flexibility index (Phi) is 5.79. The summed E-state index contributed by atoms with van der Waals surface area (Å²) in [6.07, 6.45) is 16.3. The summed E-state index contributed by atoms with van der Waals surface area (Å²) >= 11 is -2.08. The van der Waals surface area contributed by atoms with Crippen molar-refractivity contribution in [2.45, 2.75) is 39.8 Å². The van der Waals surface area contributed by atoms with Gasteiger partial charge in [0.15, 0.2) is 0 Å². The second kappa shape index (κ2) is 6.47. The van der Waals surface area contributed by atoms with Crippen LogP contribution < -0.4 is 0 Å². The Morgan fingerprint density at radius 2 is 1.50 bits per heavy atom. The molecule has 18 heavy (non-hydrogen) atoms. The van der Waals surface area contributed by atoms with E-state index in [2.05, 4.69) is 63.4 Å². The van der Waals surface area contributed by atoms with Gasteiger partial charge in [0.25, 0.3) is 0 Å². The summed E-state index contributed by atoms with van der Waals surface area (Å²) in [6, 6.07) is 0. The third-order valence-electron chi connectivity index (χ3n) is 4.01. The fourth-order valence-electron chi connectivity index (χ4n) is 3.44. The van der Waals surface area contributed by atoms with Crippen LogP contribution in [-0.2, 0) is 14.9 Å². The molecule has 0 nitrogen and oxygen atoms in total. The number of rotatable bonds is 2. The predicted octanol–water partition coefficient (Wildman–Crippen LogP) is 4.83. The number of allylic oxidation sites excluding steroid dienone is 8. The molecule has 0 aromatic carbocycles. The van der Waals surface area contributed by atoms with Gasteiger partial charge < -0.3 is 1.43 Å². The van der Waals surface area contributed by atoms with E-state index < -0.39 is 14.9 Å².